The van der Waals surface area contributed by atoms with Gasteiger partial charge in [-0.1, -0.05) is 78.1 Å². The lowest BCUT2D eigenvalue weighted by atomic mass is 10.1. The molecule has 1 aliphatic heterocycles. The Morgan fingerprint density at radius 1 is 0.556 bits per heavy atom. The van der Waals surface area contributed by atoms with E-state index in [2.05, 4.69) is 23.6 Å². The van der Waals surface area contributed by atoms with Crippen LogP contribution >= 0.6 is 0 Å². The molecule has 0 aromatic rings. The highest BCUT2D eigenvalue weighted by molar-refractivity contribution is 5.67. The number of β-amino-alcohol motifs (C(OH)–C–C–N with tert-alkyl or cyclic N) is 1. The maximum Gasteiger partial charge on any atom is 0.0793 e. The first-order chi connectivity index (χ1) is 21.6. The molecule has 264 valence electrons. The molecule has 12 nitrogen and oxygen atoms in total. The van der Waals surface area contributed by atoms with Crippen LogP contribution < -0.4 is 15.3 Å². The molecule has 1 heterocycles. The molecule has 1 aliphatic rings. The Morgan fingerprint density at radius 2 is 0.867 bits per heavy atom. The average molecular weight is 641 g/mol. The fraction of sp³-hybridized carbons (Fsp3) is 0.909. The quantitative estimate of drug-likeness (QED) is 0.127. The highest BCUT2D eigenvalue weighted by atomic mass is 16.4. The summed E-state index contributed by atoms with van der Waals surface area (Å²) < 4.78 is 0. The molecule has 1 fully saturated rings. The van der Waals surface area contributed by atoms with Gasteiger partial charge in [-0.25, -0.2) is 0 Å². The Hall–Kier alpha value is -1.83. The standard InChI is InChI=1S/C33H65N5O7/c1-3-5-7-9-11-13-15-34(16-14-12-10-8-6-4-2)25-30(39)26-35-17-19-36(27-31(40)41)21-23-38(29-33(44)45)24-22-37(20-18-35)28-32(42)43/h30,39H,3-29H2,1-2H3,(H,40,41)(H,42,43)(H,44,45)/p-3. The summed E-state index contributed by atoms with van der Waals surface area (Å²) in [5.74, 6) is -3.66. The number of aliphatic carboxylic acids is 3. The summed E-state index contributed by atoms with van der Waals surface area (Å²) in [6, 6.07) is 0. The van der Waals surface area contributed by atoms with Crippen LogP contribution in [0.25, 0.3) is 0 Å². The normalized spacial score (nSPS) is 17.6. The fourth-order valence-corrected chi connectivity index (χ4v) is 5.96. The minimum atomic E-state index is -1.25. The van der Waals surface area contributed by atoms with Crippen LogP contribution in [0.5, 0.6) is 0 Å². The van der Waals surface area contributed by atoms with Gasteiger partial charge in [0.2, 0.25) is 0 Å². The Morgan fingerprint density at radius 3 is 1.20 bits per heavy atom. The summed E-state index contributed by atoms with van der Waals surface area (Å²) in [6.07, 6.45) is 14.0. The predicted octanol–water partition coefficient (Wildman–Crippen LogP) is -1.16. The van der Waals surface area contributed by atoms with Crippen molar-refractivity contribution in [2.45, 2.75) is 97.0 Å². The molecule has 1 unspecified atom stereocenters. The van der Waals surface area contributed by atoms with Gasteiger partial charge in [-0.05, 0) is 25.9 Å². The van der Waals surface area contributed by atoms with Crippen LogP contribution in [0, 0.1) is 0 Å². The number of carboxylic acid groups (broad SMARTS) is 3. The van der Waals surface area contributed by atoms with Crippen LogP contribution in [0.3, 0.4) is 0 Å². The van der Waals surface area contributed by atoms with Gasteiger partial charge >= 0.3 is 0 Å². The summed E-state index contributed by atoms with van der Waals surface area (Å²) >= 11 is 0. The van der Waals surface area contributed by atoms with E-state index >= 15 is 0 Å². The highest BCUT2D eigenvalue weighted by Crippen LogP contribution is 2.10. The number of rotatable bonds is 24. The minimum Gasteiger partial charge on any atom is -0.549 e. The van der Waals surface area contributed by atoms with Gasteiger partial charge in [0.1, 0.15) is 0 Å². The van der Waals surface area contributed by atoms with Crippen LogP contribution in [0.4, 0.5) is 0 Å². The predicted molar refractivity (Wildman–Crippen MR) is 170 cm³/mol. The van der Waals surface area contributed by atoms with E-state index in [0.717, 1.165) is 25.9 Å². The van der Waals surface area contributed by atoms with Gasteiger partial charge in [-0.3, -0.25) is 19.6 Å². The smallest absolute Gasteiger partial charge is 0.0793 e. The van der Waals surface area contributed by atoms with Crippen molar-refractivity contribution in [3.05, 3.63) is 0 Å². The molecular formula is C33H62N5O7-3. The zero-order valence-electron chi connectivity index (χ0n) is 28.3. The second kappa shape index (κ2) is 26.3. The van der Waals surface area contributed by atoms with Crippen molar-refractivity contribution >= 4 is 17.9 Å². The number of carbonyl (C=O) groups excluding carboxylic acids is 3. The van der Waals surface area contributed by atoms with Crippen LogP contribution in [-0.2, 0) is 14.4 Å². The summed E-state index contributed by atoms with van der Waals surface area (Å²) in [5, 5.41) is 45.4. The molecule has 0 aromatic heterocycles. The molecular weight excluding hydrogens is 578 g/mol. The van der Waals surface area contributed by atoms with Crippen LogP contribution in [0.2, 0.25) is 0 Å². The number of hydrogen-bond donors (Lipinski definition) is 1. The van der Waals surface area contributed by atoms with Crippen molar-refractivity contribution in [2.75, 3.05) is 98.2 Å². The Labute approximate surface area is 272 Å². The van der Waals surface area contributed by atoms with Gasteiger partial charge in [0.15, 0.2) is 0 Å². The number of nitrogens with zero attached hydrogens (tertiary/aromatic N) is 5. The van der Waals surface area contributed by atoms with E-state index in [4.69, 9.17) is 0 Å². The summed E-state index contributed by atoms with van der Waals surface area (Å²) in [6.45, 7) is 9.32. The molecule has 1 rings (SSSR count). The molecule has 1 saturated heterocycles. The van der Waals surface area contributed by atoms with E-state index in [9.17, 15) is 34.8 Å². The zero-order chi connectivity index (χ0) is 33.3. The van der Waals surface area contributed by atoms with Crippen molar-refractivity contribution < 1.29 is 34.8 Å². The number of hydrogen-bond acceptors (Lipinski definition) is 12. The Balaban J connectivity index is 2.88. The maximum absolute atomic E-state index is 11.4. The van der Waals surface area contributed by atoms with E-state index in [-0.39, 0.29) is 32.7 Å². The molecule has 0 saturated carbocycles. The topological polar surface area (TPSA) is 157 Å². The first-order valence-corrected chi connectivity index (χ1v) is 17.5. The third-order valence-electron chi connectivity index (χ3n) is 8.58. The SMILES string of the molecule is CCCCCCCCN(CCCCCCCC)CC(O)CN1CCN(CC(=O)[O-])CCN(CC(=O)[O-])CCN(CC(=O)[O-])CC1. The van der Waals surface area contributed by atoms with Gasteiger partial charge < -0.3 is 39.7 Å². The van der Waals surface area contributed by atoms with Crippen molar-refractivity contribution in [3.63, 3.8) is 0 Å². The van der Waals surface area contributed by atoms with Crippen molar-refractivity contribution in [1.29, 1.82) is 0 Å². The van der Waals surface area contributed by atoms with Crippen LogP contribution in [-0.4, -0.2) is 152 Å². The highest BCUT2D eigenvalue weighted by Gasteiger charge is 2.20. The molecule has 0 bridgehead atoms. The van der Waals surface area contributed by atoms with E-state index in [1.54, 1.807) is 14.7 Å². The lowest BCUT2D eigenvalue weighted by Gasteiger charge is -2.35. The fourth-order valence-electron chi connectivity index (χ4n) is 5.96. The molecule has 12 heteroatoms. The zero-order valence-corrected chi connectivity index (χ0v) is 28.3. The van der Waals surface area contributed by atoms with Gasteiger partial charge in [-0.2, -0.15) is 0 Å². The second-order valence-electron chi connectivity index (χ2n) is 12.7. The summed E-state index contributed by atoms with van der Waals surface area (Å²) in [4.78, 5) is 43.7. The second-order valence-corrected chi connectivity index (χ2v) is 12.7. The first kappa shape index (κ1) is 41.2. The van der Waals surface area contributed by atoms with Crippen molar-refractivity contribution in [3.8, 4) is 0 Å². The van der Waals surface area contributed by atoms with Gasteiger partial charge in [0.25, 0.3) is 0 Å². The lowest BCUT2D eigenvalue weighted by molar-refractivity contribution is -0.308. The maximum atomic E-state index is 11.4. The van der Waals surface area contributed by atoms with Crippen molar-refractivity contribution in [1.82, 2.24) is 24.5 Å². The lowest BCUT2D eigenvalue weighted by Crippen LogP contribution is -2.52. The Kier molecular flexibility index (Phi) is 24.0. The third-order valence-corrected chi connectivity index (χ3v) is 8.58. The largest absolute Gasteiger partial charge is 0.549 e. The average Bonchev–Trinajstić information content (AvgIpc) is 2.97. The van der Waals surface area contributed by atoms with Gasteiger partial charge in [0.05, 0.1) is 24.0 Å². The van der Waals surface area contributed by atoms with E-state index < -0.39 is 24.0 Å². The summed E-state index contributed by atoms with van der Waals surface area (Å²) in [5.41, 5.74) is 0. The van der Waals surface area contributed by atoms with Crippen LogP contribution in [0.1, 0.15) is 90.9 Å². The number of carbonyl (C=O) groups is 3. The van der Waals surface area contributed by atoms with E-state index in [1.165, 1.54) is 64.2 Å². The summed E-state index contributed by atoms with van der Waals surface area (Å²) in [7, 11) is 0. The van der Waals surface area contributed by atoms with Gasteiger partial charge in [-0.15, -0.1) is 0 Å². The number of aliphatic hydroxyl groups is 1. The Bertz CT molecular complexity index is 743. The molecule has 45 heavy (non-hydrogen) atoms. The first-order valence-electron chi connectivity index (χ1n) is 17.5. The molecule has 0 spiro atoms. The minimum absolute atomic E-state index is 0.281. The molecule has 0 amide bonds. The molecule has 0 aliphatic carbocycles. The number of carboxylic acids is 3. The van der Waals surface area contributed by atoms with E-state index in [0.29, 0.717) is 52.4 Å². The molecule has 0 radical (unpaired) electrons. The molecule has 1 N–H and O–H groups in total. The number of unbranched alkanes of at least 4 members (excludes halogenated alkanes) is 10. The van der Waals surface area contributed by atoms with Crippen LogP contribution in [0.15, 0.2) is 0 Å². The van der Waals surface area contributed by atoms with E-state index in [1.807, 2.05) is 0 Å². The van der Waals surface area contributed by atoms with Gasteiger partial charge in [0, 0.05) is 85.1 Å². The molecule has 1 atom stereocenters. The monoisotopic (exact) mass is 640 g/mol. The molecule has 0 aromatic carbocycles. The number of aliphatic hydroxyl groups excluding tert-OH is 1. The third kappa shape index (κ3) is 23.2. The van der Waals surface area contributed by atoms with Crippen molar-refractivity contribution in [2.24, 2.45) is 0 Å².